The van der Waals surface area contributed by atoms with E-state index in [0.717, 1.165) is 19.3 Å². The molecule has 0 aliphatic carbocycles. The number of hydrogen-bond acceptors (Lipinski definition) is 6. The van der Waals surface area contributed by atoms with Gasteiger partial charge in [0.15, 0.2) is 4.75 Å². The zero-order valence-corrected chi connectivity index (χ0v) is 18.0. The Kier molecular flexibility index (Phi) is 7.14. The van der Waals surface area contributed by atoms with Gasteiger partial charge in [-0.05, 0) is 43.7 Å². The Balaban J connectivity index is 1.69. The summed E-state index contributed by atoms with van der Waals surface area (Å²) in [5, 5.41) is 9.15. The van der Waals surface area contributed by atoms with Crippen molar-refractivity contribution in [3.8, 4) is 0 Å². The number of nitrogens with zero attached hydrogens (tertiary/aromatic N) is 1. The predicted octanol–water partition coefficient (Wildman–Crippen LogP) is 2.65. The van der Waals surface area contributed by atoms with Crippen LogP contribution in [0.1, 0.15) is 61.1 Å². The quantitative estimate of drug-likeness (QED) is 0.512. The number of hydroxylamine groups is 1. The Labute approximate surface area is 171 Å². The van der Waals surface area contributed by atoms with E-state index in [1.54, 1.807) is 5.48 Å². The number of thiophene rings is 1. The molecule has 158 valence electrons. The summed E-state index contributed by atoms with van der Waals surface area (Å²) in [6.07, 6.45) is 5.10. The molecule has 3 heterocycles. The molecule has 2 N–H and O–H groups in total. The maximum Gasteiger partial charge on any atom is 0.266 e. The van der Waals surface area contributed by atoms with Crippen molar-refractivity contribution < 1.29 is 23.2 Å². The van der Waals surface area contributed by atoms with E-state index >= 15 is 0 Å². The lowest BCUT2D eigenvalue weighted by molar-refractivity contribution is -0.134. The first-order valence-corrected chi connectivity index (χ1v) is 12.3. The van der Waals surface area contributed by atoms with Gasteiger partial charge >= 0.3 is 0 Å². The summed E-state index contributed by atoms with van der Waals surface area (Å²) in [5.41, 5.74) is 1.58. The number of unbranched alkanes of at least 4 members (excludes halogenated alkanes) is 1. The van der Waals surface area contributed by atoms with Crippen LogP contribution >= 0.6 is 11.3 Å². The third-order valence-electron chi connectivity index (χ3n) is 5.96. The average molecular weight is 431 g/mol. The maximum absolute atomic E-state index is 13.3. The molecule has 0 aromatic carbocycles. The molecule has 0 spiro atoms. The Morgan fingerprint density at radius 1 is 1.32 bits per heavy atom. The SMILES string of the molecule is CCCCc1ccc(C2CCN(S(=O)(=O)C3(C(=O)NO)CCOCC3)CC2)s1. The molecule has 1 aromatic heterocycles. The molecular weight excluding hydrogens is 400 g/mol. The molecule has 3 rings (SSSR count). The van der Waals surface area contributed by atoms with Gasteiger partial charge in [0.2, 0.25) is 10.0 Å². The Hall–Kier alpha value is -1.00. The number of piperidine rings is 1. The van der Waals surface area contributed by atoms with Crippen molar-refractivity contribution in [2.45, 2.75) is 62.5 Å². The fourth-order valence-electron chi connectivity index (χ4n) is 4.13. The third-order valence-corrected chi connectivity index (χ3v) is 9.90. The molecule has 2 saturated heterocycles. The Morgan fingerprint density at radius 3 is 2.61 bits per heavy atom. The van der Waals surface area contributed by atoms with Crippen LogP contribution in [0.5, 0.6) is 0 Å². The summed E-state index contributed by atoms with van der Waals surface area (Å²) >= 11 is 1.84. The van der Waals surface area contributed by atoms with Crippen LogP contribution in [0.3, 0.4) is 0 Å². The van der Waals surface area contributed by atoms with Crippen molar-refractivity contribution in [1.29, 1.82) is 0 Å². The number of aryl methyl sites for hydroxylation is 1. The first-order chi connectivity index (χ1) is 13.4. The van der Waals surface area contributed by atoms with E-state index in [9.17, 15) is 13.2 Å². The van der Waals surface area contributed by atoms with Crippen LogP contribution < -0.4 is 5.48 Å². The fraction of sp³-hybridized carbons (Fsp3) is 0.737. The molecule has 0 unspecified atom stereocenters. The maximum atomic E-state index is 13.3. The lowest BCUT2D eigenvalue weighted by Gasteiger charge is -2.40. The second kappa shape index (κ2) is 9.21. The van der Waals surface area contributed by atoms with Crippen LogP contribution in [0.4, 0.5) is 0 Å². The number of nitrogens with one attached hydrogen (secondary N) is 1. The predicted molar refractivity (Wildman–Crippen MR) is 108 cm³/mol. The Bertz CT molecular complexity index is 763. The van der Waals surface area contributed by atoms with Gasteiger partial charge in [-0.1, -0.05) is 13.3 Å². The number of sulfonamides is 1. The number of carbonyl (C=O) groups excluding carboxylic acids is 1. The molecule has 0 atom stereocenters. The van der Waals surface area contributed by atoms with Gasteiger partial charge in [-0.15, -0.1) is 11.3 Å². The molecule has 2 aliphatic rings. The van der Waals surface area contributed by atoms with Gasteiger partial charge in [0, 0.05) is 48.9 Å². The van der Waals surface area contributed by atoms with E-state index < -0.39 is 20.7 Å². The van der Waals surface area contributed by atoms with E-state index in [0.29, 0.717) is 19.0 Å². The van der Waals surface area contributed by atoms with Crippen molar-refractivity contribution in [2.75, 3.05) is 26.3 Å². The summed E-state index contributed by atoms with van der Waals surface area (Å²) in [4.78, 5) is 15.1. The van der Waals surface area contributed by atoms with Gasteiger partial charge in [-0.2, -0.15) is 0 Å². The zero-order valence-electron chi connectivity index (χ0n) is 16.4. The highest BCUT2D eigenvalue weighted by molar-refractivity contribution is 7.91. The van der Waals surface area contributed by atoms with Gasteiger partial charge in [0.25, 0.3) is 5.91 Å². The van der Waals surface area contributed by atoms with Crippen LogP contribution in [0, 0.1) is 0 Å². The fourth-order valence-corrected chi connectivity index (χ4v) is 7.50. The molecule has 0 radical (unpaired) electrons. The second-order valence-electron chi connectivity index (χ2n) is 7.63. The van der Waals surface area contributed by atoms with Crippen molar-refractivity contribution >= 4 is 27.3 Å². The highest BCUT2D eigenvalue weighted by atomic mass is 32.2. The second-order valence-corrected chi connectivity index (χ2v) is 11.1. The normalized spacial score (nSPS) is 21.5. The highest BCUT2D eigenvalue weighted by Crippen LogP contribution is 2.38. The highest BCUT2D eigenvalue weighted by Gasteiger charge is 2.54. The molecule has 28 heavy (non-hydrogen) atoms. The van der Waals surface area contributed by atoms with E-state index in [1.165, 1.54) is 26.9 Å². The van der Waals surface area contributed by atoms with Crippen LogP contribution in [0.25, 0.3) is 0 Å². The minimum atomic E-state index is -3.89. The summed E-state index contributed by atoms with van der Waals surface area (Å²) in [5.74, 6) is -0.485. The Morgan fingerprint density at radius 2 is 2.00 bits per heavy atom. The van der Waals surface area contributed by atoms with Crippen LogP contribution in [0.2, 0.25) is 0 Å². The van der Waals surface area contributed by atoms with Crippen molar-refractivity contribution in [1.82, 2.24) is 9.79 Å². The molecule has 1 aromatic rings. The van der Waals surface area contributed by atoms with Crippen molar-refractivity contribution in [2.24, 2.45) is 0 Å². The number of amides is 1. The molecule has 2 aliphatic heterocycles. The van der Waals surface area contributed by atoms with E-state index in [4.69, 9.17) is 9.94 Å². The topological polar surface area (TPSA) is 95.9 Å². The molecule has 0 saturated carbocycles. The molecule has 0 bridgehead atoms. The standard InChI is InChI=1S/C19H30N2O5S2/c1-2-3-4-16-5-6-17(27-16)15-7-11-21(12-8-15)28(24,25)19(18(22)20-23)9-13-26-14-10-19/h5-6,15,23H,2-4,7-14H2,1H3,(H,20,22). The monoisotopic (exact) mass is 430 g/mol. The molecule has 1 amide bonds. The summed E-state index contributed by atoms with van der Waals surface area (Å²) in [7, 11) is -3.89. The van der Waals surface area contributed by atoms with Crippen molar-refractivity contribution in [3.63, 3.8) is 0 Å². The first kappa shape index (κ1) is 21.7. The lowest BCUT2D eigenvalue weighted by Crippen LogP contribution is -2.60. The lowest BCUT2D eigenvalue weighted by atomic mass is 9.96. The largest absolute Gasteiger partial charge is 0.381 e. The molecule has 2 fully saturated rings. The summed E-state index contributed by atoms with van der Waals surface area (Å²) < 4.78 is 31.7. The van der Waals surface area contributed by atoms with E-state index in [-0.39, 0.29) is 26.1 Å². The molecular formula is C19H30N2O5S2. The number of ether oxygens (including phenoxy) is 1. The molecule has 9 heteroatoms. The van der Waals surface area contributed by atoms with Crippen molar-refractivity contribution in [3.05, 3.63) is 21.9 Å². The summed E-state index contributed by atoms with van der Waals surface area (Å²) in [6.45, 7) is 3.37. The van der Waals surface area contributed by atoms with Gasteiger partial charge < -0.3 is 4.74 Å². The zero-order chi connectivity index (χ0) is 20.2. The van der Waals surface area contributed by atoms with Gasteiger partial charge in [0.1, 0.15) is 0 Å². The number of rotatable bonds is 7. The minimum absolute atomic E-state index is 0.0629. The number of carbonyl (C=O) groups is 1. The van der Waals surface area contributed by atoms with Gasteiger partial charge in [-0.3, -0.25) is 10.0 Å². The van der Waals surface area contributed by atoms with E-state index in [2.05, 4.69) is 19.1 Å². The summed E-state index contributed by atoms with van der Waals surface area (Å²) in [6, 6.07) is 4.38. The third kappa shape index (κ3) is 4.14. The van der Waals surface area contributed by atoms with Crippen LogP contribution in [-0.2, 0) is 26.0 Å². The first-order valence-electron chi connectivity index (χ1n) is 10.0. The van der Waals surface area contributed by atoms with Gasteiger partial charge in [0.05, 0.1) is 0 Å². The van der Waals surface area contributed by atoms with E-state index in [1.807, 2.05) is 11.3 Å². The number of hydrogen-bond donors (Lipinski definition) is 2. The minimum Gasteiger partial charge on any atom is -0.381 e. The van der Waals surface area contributed by atoms with Gasteiger partial charge in [-0.25, -0.2) is 18.2 Å². The average Bonchev–Trinajstić information content (AvgIpc) is 3.21. The van der Waals surface area contributed by atoms with Crippen LogP contribution in [0.15, 0.2) is 12.1 Å². The molecule has 7 nitrogen and oxygen atoms in total. The smallest absolute Gasteiger partial charge is 0.266 e. The van der Waals surface area contributed by atoms with Crippen LogP contribution in [-0.4, -0.2) is 54.9 Å².